The van der Waals surface area contributed by atoms with Crippen molar-refractivity contribution in [1.82, 2.24) is 0 Å². The first kappa shape index (κ1) is 12.0. The topological polar surface area (TPSA) is 35.2 Å². The molecular formula is C12H25NO. The van der Waals surface area contributed by atoms with Crippen molar-refractivity contribution in [3.05, 3.63) is 0 Å². The summed E-state index contributed by atoms with van der Waals surface area (Å²) < 4.78 is 5.93. The Morgan fingerprint density at radius 1 is 1.29 bits per heavy atom. The van der Waals surface area contributed by atoms with Crippen LogP contribution >= 0.6 is 0 Å². The summed E-state index contributed by atoms with van der Waals surface area (Å²) in [5.74, 6) is 0.770. The molecule has 1 saturated carbocycles. The Bertz CT molecular complexity index is 162. The molecule has 0 radical (unpaired) electrons. The van der Waals surface area contributed by atoms with Gasteiger partial charge in [0.15, 0.2) is 0 Å². The van der Waals surface area contributed by atoms with Gasteiger partial charge < -0.3 is 10.5 Å². The van der Waals surface area contributed by atoms with E-state index in [-0.39, 0.29) is 5.54 Å². The third-order valence-electron chi connectivity index (χ3n) is 3.03. The molecule has 2 unspecified atom stereocenters. The minimum Gasteiger partial charge on any atom is -0.376 e. The minimum atomic E-state index is -0.185. The second-order valence-electron chi connectivity index (χ2n) is 5.29. The lowest BCUT2D eigenvalue weighted by Gasteiger charge is -2.33. The summed E-state index contributed by atoms with van der Waals surface area (Å²) in [5.41, 5.74) is 5.73. The SMILES string of the molecule is CCC1CCCCC1OCC(C)(C)N. The molecule has 2 nitrogen and oxygen atoms in total. The van der Waals surface area contributed by atoms with Crippen LogP contribution in [0.15, 0.2) is 0 Å². The Morgan fingerprint density at radius 2 is 1.93 bits per heavy atom. The molecular weight excluding hydrogens is 174 g/mol. The van der Waals surface area contributed by atoms with E-state index in [1.165, 1.54) is 32.1 Å². The zero-order chi connectivity index (χ0) is 10.6. The van der Waals surface area contributed by atoms with Crippen LogP contribution in [0.25, 0.3) is 0 Å². The summed E-state index contributed by atoms with van der Waals surface area (Å²) in [7, 11) is 0. The molecule has 0 aliphatic heterocycles. The zero-order valence-electron chi connectivity index (χ0n) is 9.88. The quantitative estimate of drug-likeness (QED) is 0.755. The highest BCUT2D eigenvalue weighted by molar-refractivity contribution is 4.78. The lowest BCUT2D eigenvalue weighted by molar-refractivity contribution is -0.0286. The Hall–Kier alpha value is -0.0800. The van der Waals surface area contributed by atoms with Gasteiger partial charge >= 0.3 is 0 Å². The third-order valence-corrected chi connectivity index (χ3v) is 3.03. The van der Waals surface area contributed by atoms with Gasteiger partial charge in [-0.25, -0.2) is 0 Å². The van der Waals surface area contributed by atoms with E-state index < -0.39 is 0 Å². The molecule has 0 spiro atoms. The maximum Gasteiger partial charge on any atom is 0.0644 e. The summed E-state index contributed by atoms with van der Waals surface area (Å²) in [6.45, 7) is 7.00. The Balaban J connectivity index is 2.33. The van der Waals surface area contributed by atoms with Gasteiger partial charge in [-0.2, -0.15) is 0 Å². The van der Waals surface area contributed by atoms with Crippen molar-refractivity contribution in [3.8, 4) is 0 Å². The molecule has 2 heteroatoms. The van der Waals surface area contributed by atoms with Crippen molar-refractivity contribution in [1.29, 1.82) is 0 Å². The normalized spacial score (nSPS) is 29.1. The van der Waals surface area contributed by atoms with Crippen LogP contribution < -0.4 is 5.73 Å². The fourth-order valence-corrected chi connectivity index (χ4v) is 2.18. The fourth-order valence-electron chi connectivity index (χ4n) is 2.18. The fraction of sp³-hybridized carbons (Fsp3) is 1.00. The minimum absolute atomic E-state index is 0.185. The molecule has 1 aliphatic rings. The summed E-state index contributed by atoms with van der Waals surface area (Å²) in [6.07, 6.45) is 6.99. The molecule has 1 rings (SSSR count). The van der Waals surface area contributed by atoms with Crippen molar-refractivity contribution in [2.45, 2.75) is 64.5 Å². The molecule has 0 aromatic carbocycles. The van der Waals surface area contributed by atoms with Crippen molar-refractivity contribution >= 4 is 0 Å². The highest BCUT2D eigenvalue weighted by Gasteiger charge is 2.25. The molecule has 2 N–H and O–H groups in total. The first-order valence-corrected chi connectivity index (χ1v) is 5.93. The standard InChI is InChI=1S/C12H25NO/c1-4-10-7-5-6-8-11(10)14-9-12(2,3)13/h10-11H,4-9,13H2,1-3H3. The van der Waals surface area contributed by atoms with Crippen LogP contribution in [-0.4, -0.2) is 18.2 Å². The predicted octanol–water partition coefficient (Wildman–Crippen LogP) is 2.71. The van der Waals surface area contributed by atoms with Crippen LogP contribution in [0.1, 0.15) is 52.9 Å². The molecule has 0 bridgehead atoms. The lowest BCUT2D eigenvalue weighted by atomic mass is 9.84. The Morgan fingerprint density at radius 3 is 2.50 bits per heavy atom. The first-order valence-electron chi connectivity index (χ1n) is 5.93. The lowest BCUT2D eigenvalue weighted by Crippen LogP contribution is -2.40. The maximum atomic E-state index is 5.93. The van der Waals surface area contributed by atoms with Gasteiger partial charge in [0.2, 0.25) is 0 Å². The van der Waals surface area contributed by atoms with E-state index in [1.807, 2.05) is 13.8 Å². The van der Waals surface area contributed by atoms with E-state index >= 15 is 0 Å². The average molecular weight is 199 g/mol. The second kappa shape index (κ2) is 5.13. The van der Waals surface area contributed by atoms with Gasteiger partial charge in [0, 0.05) is 5.54 Å². The van der Waals surface area contributed by atoms with Gasteiger partial charge in [0.1, 0.15) is 0 Å². The van der Waals surface area contributed by atoms with Crippen molar-refractivity contribution in [2.24, 2.45) is 11.7 Å². The monoisotopic (exact) mass is 199 g/mol. The van der Waals surface area contributed by atoms with Gasteiger partial charge in [-0.1, -0.05) is 26.2 Å². The van der Waals surface area contributed by atoms with E-state index in [2.05, 4.69) is 6.92 Å². The van der Waals surface area contributed by atoms with Gasteiger partial charge in [-0.15, -0.1) is 0 Å². The molecule has 0 amide bonds. The summed E-state index contributed by atoms with van der Waals surface area (Å²) in [4.78, 5) is 0. The van der Waals surface area contributed by atoms with Gasteiger partial charge in [-0.3, -0.25) is 0 Å². The van der Waals surface area contributed by atoms with E-state index in [1.54, 1.807) is 0 Å². The van der Waals surface area contributed by atoms with Crippen LogP contribution in [0.5, 0.6) is 0 Å². The van der Waals surface area contributed by atoms with Crippen LogP contribution in [0, 0.1) is 5.92 Å². The maximum absolute atomic E-state index is 5.93. The van der Waals surface area contributed by atoms with Gasteiger partial charge in [0.25, 0.3) is 0 Å². The molecule has 0 aromatic rings. The third kappa shape index (κ3) is 3.97. The Kier molecular flexibility index (Phi) is 4.39. The summed E-state index contributed by atoms with van der Waals surface area (Å²) in [6, 6.07) is 0. The van der Waals surface area contributed by atoms with Crippen LogP contribution in [0.4, 0.5) is 0 Å². The van der Waals surface area contributed by atoms with Crippen molar-refractivity contribution in [2.75, 3.05) is 6.61 Å². The van der Waals surface area contributed by atoms with Gasteiger partial charge in [0.05, 0.1) is 12.7 Å². The summed E-state index contributed by atoms with van der Waals surface area (Å²) in [5, 5.41) is 0. The van der Waals surface area contributed by atoms with Crippen molar-refractivity contribution < 1.29 is 4.74 Å². The molecule has 0 aromatic heterocycles. The molecule has 0 heterocycles. The zero-order valence-corrected chi connectivity index (χ0v) is 9.88. The number of nitrogens with two attached hydrogens (primary N) is 1. The molecule has 84 valence electrons. The van der Waals surface area contributed by atoms with E-state index in [0.717, 1.165) is 5.92 Å². The van der Waals surface area contributed by atoms with E-state index in [4.69, 9.17) is 10.5 Å². The van der Waals surface area contributed by atoms with E-state index in [9.17, 15) is 0 Å². The second-order valence-corrected chi connectivity index (χ2v) is 5.29. The summed E-state index contributed by atoms with van der Waals surface area (Å²) >= 11 is 0. The van der Waals surface area contributed by atoms with Crippen LogP contribution in [-0.2, 0) is 4.74 Å². The average Bonchev–Trinajstić information content (AvgIpc) is 2.14. The number of rotatable bonds is 4. The number of hydrogen-bond acceptors (Lipinski definition) is 2. The largest absolute Gasteiger partial charge is 0.376 e. The molecule has 1 aliphatic carbocycles. The highest BCUT2D eigenvalue weighted by Crippen LogP contribution is 2.29. The smallest absolute Gasteiger partial charge is 0.0644 e. The van der Waals surface area contributed by atoms with Crippen LogP contribution in [0.3, 0.4) is 0 Å². The molecule has 1 fully saturated rings. The van der Waals surface area contributed by atoms with Gasteiger partial charge in [-0.05, 0) is 32.6 Å². The predicted molar refractivity (Wildman–Crippen MR) is 60.3 cm³/mol. The molecule has 0 saturated heterocycles. The number of hydrogen-bond donors (Lipinski definition) is 1. The highest BCUT2D eigenvalue weighted by atomic mass is 16.5. The first-order chi connectivity index (χ1) is 6.53. The number of ether oxygens (including phenoxy) is 1. The molecule has 14 heavy (non-hydrogen) atoms. The Labute approximate surface area is 88.2 Å². The van der Waals surface area contributed by atoms with Crippen LogP contribution in [0.2, 0.25) is 0 Å². The van der Waals surface area contributed by atoms with Crippen molar-refractivity contribution in [3.63, 3.8) is 0 Å². The van der Waals surface area contributed by atoms with E-state index in [0.29, 0.717) is 12.7 Å². The molecule has 2 atom stereocenters.